The summed E-state index contributed by atoms with van der Waals surface area (Å²) in [7, 11) is 0. The first kappa shape index (κ1) is 21.2. The van der Waals surface area contributed by atoms with E-state index in [1.165, 1.54) is 16.3 Å². The highest BCUT2D eigenvalue weighted by Gasteiger charge is 2.07. The van der Waals surface area contributed by atoms with Gasteiger partial charge in [0, 0.05) is 22.3 Å². The standard InChI is InChI=1S/C24H18ClN3OS2/c1-15-6-12-20-21(14-15)31-23(27-20)17-7-10-18(11-8-17)26-24(30)28-22(29)13-9-16-4-2-3-5-19(16)25/h2-14H,1H3,(H2,26,28,29,30)/b13-9+. The number of hydrogen-bond acceptors (Lipinski definition) is 4. The Kier molecular flexibility index (Phi) is 6.42. The van der Waals surface area contributed by atoms with E-state index in [1.807, 2.05) is 48.5 Å². The van der Waals surface area contributed by atoms with Crippen molar-refractivity contribution >= 4 is 68.2 Å². The summed E-state index contributed by atoms with van der Waals surface area (Å²) >= 11 is 13.0. The molecule has 0 aliphatic rings. The molecule has 1 heterocycles. The van der Waals surface area contributed by atoms with E-state index < -0.39 is 0 Å². The van der Waals surface area contributed by atoms with Crippen LogP contribution in [0.1, 0.15) is 11.1 Å². The first-order chi connectivity index (χ1) is 15.0. The quantitative estimate of drug-likeness (QED) is 0.269. The summed E-state index contributed by atoms with van der Waals surface area (Å²) in [6, 6.07) is 21.3. The lowest BCUT2D eigenvalue weighted by Gasteiger charge is -2.08. The fraction of sp³-hybridized carbons (Fsp3) is 0.0417. The monoisotopic (exact) mass is 463 g/mol. The van der Waals surface area contributed by atoms with Gasteiger partial charge in [-0.3, -0.25) is 10.1 Å². The summed E-state index contributed by atoms with van der Waals surface area (Å²) < 4.78 is 1.17. The second-order valence-electron chi connectivity index (χ2n) is 6.87. The molecular weight excluding hydrogens is 446 g/mol. The number of thiocarbonyl (C=S) groups is 1. The molecule has 0 fully saturated rings. The number of thiazole rings is 1. The predicted octanol–water partition coefficient (Wildman–Crippen LogP) is 6.45. The van der Waals surface area contributed by atoms with Crippen molar-refractivity contribution in [2.24, 2.45) is 0 Å². The van der Waals surface area contributed by atoms with Crippen LogP contribution < -0.4 is 10.6 Å². The molecule has 0 aliphatic heterocycles. The molecule has 31 heavy (non-hydrogen) atoms. The summed E-state index contributed by atoms with van der Waals surface area (Å²) in [5.74, 6) is -0.334. The number of carbonyl (C=O) groups is 1. The minimum atomic E-state index is -0.334. The van der Waals surface area contributed by atoms with Crippen LogP contribution in [0.15, 0.2) is 72.8 Å². The molecule has 0 radical (unpaired) electrons. The fourth-order valence-electron chi connectivity index (χ4n) is 2.94. The first-order valence-corrected chi connectivity index (χ1v) is 11.1. The molecule has 0 unspecified atom stereocenters. The summed E-state index contributed by atoms with van der Waals surface area (Å²) in [6.07, 6.45) is 3.04. The van der Waals surface area contributed by atoms with Crippen LogP contribution in [-0.2, 0) is 4.79 Å². The Morgan fingerprint density at radius 3 is 2.65 bits per heavy atom. The van der Waals surface area contributed by atoms with Gasteiger partial charge in [-0.15, -0.1) is 11.3 Å². The van der Waals surface area contributed by atoms with Gasteiger partial charge in [-0.25, -0.2) is 4.98 Å². The van der Waals surface area contributed by atoms with E-state index in [9.17, 15) is 4.79 Å². The second-order valence-corrected chi connectivity index (χ2v) is 8.71. The number of hydrogen-bond donors (Lipinski definition) is 2. The molecule has 0 saturated carbocycles. The Hall–Kier alpha value is -3.06. The minimum absolute atomic E-state index is 0.219. The summed E-state index contributed by atoms with van der Waals surface area (Å²) in [5.41, 5.74) is 4.79. The van der Waals surface area contributed by atoms with E-state index in [-0.39, 0.29) is 11.0 Å². The Labute approximate surface area is 194 Å². The molecule has 0 atom stereocenters. The number of halogens is 1. The smallest absolute Gasteiger partial charge is 0.250 e. The molecule has 154 valence electrons. The Morgan fingerprint density at radius 2 is 1.87 bits per heavy atom. The number of benzene rings is 3. The first-order valence-electron chi connectivity index (χ1n) is 9.50. The fourth-order valence-corrected chi connectivity index (χ4v) is 4.43. The van der Waals surface area contributed by atoms with Crippen LogP contribution in [-0.4, -0.2) is 16.0 Å². The van der Waals surface area contributed by atoms with Crippen LogP contribution in [0.25, 0.3) is 26.9 Å². The van der Waals surface area contributed by atoms with Gasteiger partial charge >= 0.3 is 0 Å². The highest BCUT2D eigenvalue weighted by atomic mass is 35.5. The molecule has 4 rings (SSSR count). The lowest BCUT2D eigenvalue weighted by atomic mass is 10.2. The van der Waals surface area contributed by atoms with Gasteiger partial charge in [0.2, 0.25) is 5.91 Å². The van der Waals surface area contributed by atoms with Crippen molar-refractivity contribution in [2.45, 2.75) is 6.92 Å². The molecule has 0 saturated heterocycles. The van der Waals surface area contributed by atoms with Gasteiger partial charge in [0.05, 0.1) is 10.2 Å². The van der Waals surface area contributed by atoms with Gasteiger partial charge < -0.3 is 5.32 Å². The minimum Gasteiger partial charge on any atom is -0.332 e. The molecular formula is C24H18ClN3OS2. The third-order valence-corrected chi connectivity index (χ3v) is 6.11. The third-order valence-electron chi connectivity index (χ3n) is 4.49. The molecule has 4 nitrogen and oxygen atoms in total. The summed E-state index contributed by atoms with van der Waals surface area (Å²) in [6.45, 7) is 2.08. The number of rotatable bonds is 4. The molecule has 0 spiro atoms. The number of amides is 1. The lowest BCUT2D eigenvalue weighted by Crippen LogP contribution is -2.32. The van der Waals surface area contributed by atoms with Crippen LogP contribution >= 0.6 is 35.2 Å². The highest BCUT2D eigenvalue weighted by molar-refractivity contribution is 7.80. The average Bonchev–Trinajstić information content (AvgIpc) is 3.17. The molecule has 0 aliphatic carbocycles. The van der Waals surface area contributed by atoms with Gasteiger partial charge in [-0.2, -0.15) is 0 Å². The number of aromatic nitrogens is 1. The van der Waals surface area contributed by atoms with Crippen molar-refractivity contribution in [1.29, 1.82) is 0 Å². The van der Waals surface area contributed by atoms with Crippen molar-refractivity contribution in [2.75, 3.05) is 5.32 Å². The van der Waals surface area contributed by atoms with E-state index in [4.69, 9.17) is 28.8 Å². The Balaban J connectivity index is 1.37. The number of aryl methyl sites for hydroxylation is 1. The maximum atomic E-state index is 12.1. The number of nitrogens with zero attached hydrogens (tertiary/aromatic N) is 1. The van der Waals surface area contributed by atoms with Gasteiger partial charge in [-0.05, 0) is 78.8 Å². The molecule has 7 heteroatoms. The lowest BCUT2D eigenvalue weighted by molar-refractivity contribution is -0.115. The van der Waals surface area contributed by atoms with Gasteiger partial charge in [0.15, 0.2) is 5.11 Å². The van der Waals surface area contributed by atoms with Crippen molar-refractivity contribution in [3.63, 3.8) is 0 Å². The van der Waals surface area contributed by atoms with Gasteiger partial charge in [-0.1, -0.05) is 35.9 Å². The van der Waals surface area contributed by atoms with E-state index in [2.05, 4.69) is 29.7 Å². The van der Waals surface area contributed by atoms with Crippen LogP contribution in [0, 0.1) is 6.92 Å². The zero-order valence-electron chi connectivity index (χ0n) is 16.6. The predicted molar refractivity (Wildman–Crippen MR) is 135 cm³/mol. The molecule has 1 amide bonds. The molecule has 1 aromatic heterocycles. The third kappa shape index (κ3) is 5.35. The maximum Gasteiger partial charge on any atom is 0.250 e. The van der Waals surface area contributed by atoms with Crippen LogP contribution in [0.4, 0.5) is 5.69 Å². The largest absolute Gasteiger partial charge is 0.332 e. The summed E-state index contributed by atoms with van der Waals surface area (Å²) in [5, 5.41) is 7.41. The van der Waals surface area contributed by atoms with Crippen molar-refractivity contribution in [1.82, 2.24) is 10.3 Å². The van der Waals surface area contributed by atoms with E-state index in [0.717, 1.165) is 27.3 Å². The van der Waals surface area contributed by atoms with Crippen molar-refractivity contribution in [3.05, 3.63) is 89.0 Å². The topological polar surface area (TPSA) is 54.0 Å². The highest BCUT2D eigenvalue weighted by Crippen LogP contribution is 2.31. The summed E-state index contributed by atoms with van der Waals surface area (Å²) in [4.78, 5) is 16.8. The van der Waals surface area contributed by atoms with Crippen LogP contribution in [0.2, 0.25) is 5.02 Å². The van der Waals surface area contributed by atoms with Crippen molar-refractivity contribution in [3.8, 4) is 10.6 Å². The molecule has 2 N–H and O–H groups in total. The second kappa shape index (κ2) is 9.39. The SMILES string of the molecule is Cc1ccc2nc(-c3ccc(NC(=S)NC(=O)/C=C/c4ccccc4Cl)cc3)sc2c1. The number of anilines is 1. The Morgan fingerprint density at radius 1 is 1.10 bits per heavy atom. The molecule has 3 aromatic carbocycles. The number of fused-ring (bicyclic) bond motifs is 1. The molecule has 0 bridgehead atoms. The number of carbonyl (C=O) groups excluding carboxylic acids is 1. The average molecular weight is 464 g/mol. The van der Waals surface area contributed by atoms with Crippen LogP contribution in [0.5, 0.6) is 0 Å². The van der Waals surface area contributed by atoms with E-state index in [1.54, 1.807) is 23.5 Å². The van der Waals surface area contributed by atoms with Gasteiger partial charge in [0.25, 0.3) is 0 Å². The zero-order valence-corrected chi connectivity index (χ0v) is 18.9. The Bertz CT molecular complexity index is 1300. The zero-order chi connectivity index (χ0) is 21.8. The maximum absolute atomic E-state index is 12.1. The van der Waals surface area contributed by atoms with E-state index >= 15 is 0 Å². The van der Waals surface area contributed by atoms with E-state index in [0.29, 0.717) is 5.02 Å². The normalized spacial score (nSPS) is 11.0. The van der Waals surface area contributed by atoms with Crippen molar-refractivity contribution < 1.29 is 4.79 Å². The number of nitrogens with one attached hydrogen (secondary N) is 2. The van der Waals surface area contributed by atoms with Gasteiger partial charge in [0.1, 0.15) is 5.01 Å². The van der Waals surface area contributed by atoms with Crippen LogP contribution in [0.3, 0.4) is 0 Å². The molecule has 4 aromatic rings.